The van der Waals surface area contributed by atoms with Gasteiger partial charge in [-0.1, -0.05) is 18.9 Å². The van der Waals surface area contributed by atoms with Crippen molar-refractivity contribution in [1.29, 1.82) is 0 Å². The molecule has 1 unspecified atom stereocenters. The first-order valence-electron chi connectivity index (χ1n) is 10.1. The van der Waals surface area contributed by atoms with Crippen molar-refractivity contribution in [3.8, 4) is 0 Å². The molecule has 3 aliphatic rings. The zero-order chi connectivity index (χ0) is 17.9. The average Bonchev–Trinajstić information content (AvgIpc) is 3.45. The summed E-state index contributed by atoms with van der Waals surface area (Å²) in [4.78, 5) is 33.1. The molecular formula is C20H29N3O2S. The highest BCUT2D eigenvalue weighted by atomic mass is 32.1. The van der Waals surface area contributed by atoms with E-state index in [0.29, 0.717) is 11.8 Å². The van der Waals surface area contributed by atoms with Crippen LogP contribution in [0.15, 0.2) is 17.5 Å². The number of thiophene rings is 1. The third kappa shape index (κ3) is 3.67. The van der Waals surface area contributed by atoms with Crippen molar-refractivity contribution in [3.63, 3.8) is 0 Å². The van der Waals surface area contributed by atoms with E-state index in [-0.39, 0.29) is 11.9 Å². The number of hydrogen-bond donors (Lipinski definition) is 0. The minimum absolute atomic E-state index is 0.0367. The SMILES string of the molecule is O=C(c1cccs1)N1CCN(C(C(=O)N2CCCC2)C2CCCC2)CC1. The van der Waals surface area contributed by atoms with E-state index in [2.05, 4.69) is 9.80 Å². The van der Waals surface area contributed by atoms with Gasteiger partial charge in [-0.2, -0.15) is 0 Å². The molecule has 142 valence electrons. The molecule has 1 aromatic rings. The van der Waals surface area contributed by atoms with Gasteiger partial charge in [0.05, 0.1) is 10.9 Å². The summed E-state index contributed by atoms with van der Waals surface area (Å²) < 4.78 is 0. The van der Waals surface area contributed by atoms with E-state index in [4.69, 9.17) is 0 Å². The summed E-state index contributed by atoms with van der Waals surface area (Å²) in [5.74, 6) is 0.998. The molecule has 2 aliphatic heterocycles. The Morgan fingerprint density at radius 3 is 2.23 bits per heavy atom. The number of rotatable bonds is 4. The number of amides is 2. The summed E-state index contributed by atoms with van der Waals surface area (Å²) in [6.45, 7) is 4.95. The second-order valence-corrected chi connectivity index (χ2v) is 8.77. The van der Waals surface area contributed by atoms with E-state index in [1.165, 1.54) is 37.0 Å². The first-order valence-corrected chi connectivity index (χ1v) is 11.0. The number of hydrogen-bond acceptors (Lipinski definition) is 4. The Hall–Kier alpha value is -1.40. The lowest BCUT2D eigenvalue weighted by atomic mass is 9.94. The van der Waals surface area contributed by atoms with Gasteiger partial charge in [-0.05, 0) is 43.0 Å². The minimum atomic E-state index is 0.0367. The Balaban J connectivity index is 1.42. The second-order valence-electron chi connectivity index (χ2n) is 7.83. The Morgan fingerprint density at radius 2 is 1.62 bits per heavy atom. The molecule has 1 aliphatic carbocycles. The number of carbonyl (C=O) groups is 2. The first kappa shape index (κ1) is 18.0. The average molecular weight is 376 g/mol. The summed E-state index contributed by atoms with van der Waals surface area (Å²) in [5.41, 5.74) is 0. The minimum Gasteiger partial charge on any atom is -0.341 e. The van der Waals surface area contributed by atoms with Crippen molar-refractivity contribution < 1.29 is 9.59 Å². The van der Waals surface area contributed by atoms with Crippen LogP contribution in [0.25, 0.3) is 0 Å². The van der Waals surface area contributed by atoms with E-state index >= 15 is 0 Å². The molecule has 0 N–H and O–H groups in total. The smallest absolute Gasteiger partial charge is 0.264 e. The Morgan fingerprint density at radius 1 is 0.923 bits per heavy atom. The molecule has 0 spiro atoms. The molecule has 1 saturated carbocycles. The van der Waals surface area contributed by atoms with E-state index in [0.717, 1.165) is 57.0 Å². The fourth-order valence-corrected chi connectivity index (χ4v) is 5.50. The van der Waals surface area contributed by atoms with Crippen LogP contribution in [0.3, 0.4) is 0 Å². The van der Waals surface area contributed by atoms with E-state index in [1.54, 1.807) is 0 Å². The van der Waals surface area contributed by atoms with E-state index in [9.17, 15) is 9.59 Å². The highest BCUT2D eigenvalue weighted by Gasteiger charge is 2.39. The standard InChI is InChI=1S/C20H29N3O2S/c24-19(17-8-5-15-26-17)23-13-11-21(12-14-23)18(16-6-1-2-7-16)20(25)22-9-3-4-10-22/h5,8,15-16,18H,1-4,6-7,9-14H2. The van der Waals surface area contributed by atoms with Gasteiger partial charge in [0.15, 0.2) is 0 Å². The Labute approximate surface area is 159 Å². The van der Waals surface area contributed by atoms with Crippen LogP contribution in [-0.2, 0) is 4.79 Å². The Bertz CT molecular complexity index is 613. The molecule has 3 fully saturated rings. The summed E-state index contributed by atoms with van der Waals surface area (Å²) in [6.07, 6.45) is 7.16. The monoisotopic (exact) mass is 375 g/mol. The maximum Gasteiger partial charge on any atom is 0.264 e. The number of likely N-dealkylation sites (tertiary alicyclic amines) is 1. The lowest BCUT2D eigenvalue weighted by Gasteiger charge is -2.41. The van der Waals surface area contributed by atoms with Gasteiger partial charge in [0.1, 0.15) is 0 Å². The van der Waals surface area contributed by atoms with E-state index < -0.39 is 0 Å². The normalized spacial score (nSPS) is 23.5. The molecule has 1 aromatic heterocycles. The van der Waals surface area contributed by atoms with Crippen LogP contribution in [0.1, 0.15) is 48.2 Å². The van der Waals surface area contributed by atoms with Gasteiger partial charge < -0.3 is 9.80 Å². The van der Waals surface area contributed by atoms with Crippen molar-refractivity contribution in [2.24, 2.45) is 5.92 Å². The van der Waals surface area contributed by atoms with Crippen LogP contribution < -0.4 is 0 Å². The summed E-state index contributed by atoms with van der Waals surface area (Å²) in [5, 5.41) is 1.95. The number of piperazine rings is 1. The highest BCUT2D eigenvalue weighted by molar-refractivity contribution is 7.12. The maximum atomic E-state index is 13.2. The molecule has 0 bridgehead atoms. The molecule has 0 radical (unpaired) electrons. The van der Waals surface area contributed by atoms with Crippen LogP contribution >= 0.6 is 11.3 Å². The van der Waals surface area contributed by atoms with Gasteiger partial charge in [0, 0.05) is 39.3 Å². The molecule has 26 heavy (non-hydrogen) atoms. The molecule has 2 amide bonds. The summed E-state index contributed by atoms with van der Waals surface area (Å²) in [7, 11) is 0. The van der Waals surface area contributed by atoms with Gasteiger partial charge in [0.25, 0.3) is 5.91 Å². The van der Waals surface area contributed by atoms with Crippen LogP contribution in [0.4, 0.5) is 0 Å². The first-order chi connectivity index (χ1) is 12.7. The van der Waals surface area contributed by atoms with Gasteiger partial charge >= 0.3 is 0 Å². The highest BCUT2D eigenvalue weighted by Crippen LogP contribution is 2.32. The lowest BCUT2D eigenvalue weighted by molar-refractivity contribution is -0.138. The van der Waals surface area contributed by atoms with Crippen LogP contribution in [0, 0.1) is 5.92 Å². The summed E-state index contributed by atoms with van der Waals surface area (Å²) >= 11 is 1.51. The molecule has 5 nitrogen and oxygen atoms in total. The zero-order valence-corrected chi connectivity index (χ0v) is 16.3. The Kier molecular flexibility index (Phi) is 5.60. The van der Waals surface area contributed by atoms with Gasteiger partial charge in [-0.3, -0.25) is 14.5 Å². The van der Waals surface area contributed by atoms with E-state index in [1.807, 2.05) is 22.4 Å². The van der Waals surface area contributed by atoms with Crippen LogP contribution in [0.2, 0.25) is 0 Å². The fourth-order valence-electron chi connectivity index (χ4n) is 4.81. The quantitative estimate of drug-likeness (QED) is 0.813. The van der Waals surface area contributed by atoms with Crippen molar-refractivity contribution in [1.82, 2.24) is 14.7 Å². The number of nitrogens with zero attached hydrogens (tertiary/aromatic N) is 3. The zero-order valence-electron chi connectivity index (χ0n) is 15.4. The second kappa shape index (κ2) is 8.09. The van der Waals surface area contributed by atoms with Crippen molar-refractivity contribution in [2.45, 2.75) is 44.6 Å². The third-order valence-electron chi connectivity index (χ3n) is 6.24. The molecular weight excluding hydrogens is 346 g/mol. The molecule has 4 rings (SSSR count). The summed E-state index contributed by atoms with van der Waals surface area (Å²) in [6, 6.07) is 3.87. The molecule has 6 heteroatoms. The van der Waals surface area contributed by atoms with Gasteiger partial charge in [-0.15, -0.1) is 11.3 Å². The molecule has 3 heterocycles. The maximum absolute atomic E-state index is 13.2. The van der Waals surface area contributed by atoms with Crippen LogP contribution in [-0.4, -0.2) is 71.8 Å². The van der Waals surface area contributed by atoms with Crippen molar-refractivity contribution in [3.05, 3.63) is 22.4 Å². The molecule has 1 atom stereocenters. The van der Waals surface area contributed by atoms with Gasteiger partial charge in [0.2, 0.25) is 5.91 Å². The third-order valence-corrected chi connectivity index (χ3v) is 7.10. The predicted molar refractivity (Wildman–Crippen MR) is 103 cm³/mol. The van der Waals surface area contributed by atoms with Crippen molar-refractivity contribution in [2.75, 3.05) is 39.3 Å². The number of carbonyl (C=O) groups excluding carboxylic acids is 2. The molecule has 0 aromatic carbocycles. The van der Waals surface area contributed by atoms with Gasteiger partial charge in [-0.25, -0.2) is 0 Å². The van der Waals surface area contributed by atoms with Crippen molar-refractivity contribution >= 4 is 23.2 Å². The van der Waals surface area contributed by atoms with Crippen LogP contribution in [0.5, 0.6) is 0 Å². The predicted octanol–water partition coefficient (Wildman–Crippen LogP) is 2.69. The largest absolute Gasteiger partial charge is 0.341 e. The topological polar surface area (TPSA) is 43.9 Å². The molecule has 2 saturated heterocycles. The fraction of sp³-hybridized carbons (Fsp3) is 0.700. The lowest BCUT2D eigenvalue weighted by Crippen LogP contribution is -2.58.